The smallest absolute Gasteiger partial charge is 0.160 e. The molecule has 0 amide bonds. The first-order valence-corrected chi connectivity index (χ1v) is 17.4. The topological polar surface area (TPSA) is 38.9 Å². The Morgan fingerprint density at radius 2 is 1.06 bits per heavy atom. The molecule has 0 bridgehead atoms. The highest BCUT2D eigenvalue weighted by atomic mass is 16.3. The quantitative estimate of drug-likeness (QED) is 0.186. The summed E-state index contributed by atoms with van der Waals surface area (Å²) in [5, 5.41) is 2.27. The number of nitrogens with zero attached hydrogens (tertiary/aromatic N) is 2. The molecule has 1 unspecified atom stereocenters. The summed E-state index contributed by atoms with van der Waals surface area (Å²) in [7, 11) is 0. The number of hydrogen-bond donors (Lipinski definition) is 0. The molecule has 0 fully saturated rings. The molecule has 1 aliphatic rings. The van der Waals surface area contributed by atoms with Crippen LogP contribution in [0.5, 0.6) is 0 Å². The van der Waals surface area contributed by atoms with Crippen molar-refractivity contribution in [1.29, 1.82) is 0 Å². The van der Waals surface area contributed by atoms with Gasteiger partial charge in [0.05, 0.1) is 11.4 Å². The molecular weight excluding hydrogens is 621 g/mol. The molecule has 1 atom stereocenters. The van der Waals surface area contributed by atoms with Crippen molar-refractivity contribution in [2.24, 2.45) is 0 Å². The van der Waals surface area contributed by atoms with Crippen LogP contribution in [0.25, 0.3) is 78.1 Å². The second-order valence-electron chi connectivity index (χ2n) is 13.5. The molecule has 1 aliphatic carbocycles. The first kappa shape index (κ1) is 29.3. The lowest BCUT2D eigenvalue weighted by atomic mass is 9.74. The first-order chi connectivity index (χ1) is 25.1. The van der Waals surface area contributed by atoms with Crippen LogP contribution < -0.4 is 0 Å². The minimum atomic E-state index is -0.289. The van der Waals surface area contributed by atoms with E-state index in [0.717, 1.165) is 61.1 Å². The third-order valence-corrected chi connectivity index (χ3v) is 10.6. The lowest BCUT2D eigenvalue weighted by Crippen LogP contribution is -2.22. The number of para-hydroxylation sites is 1. The fourth-order valence-electron chi connectivity index (χ4n) is 8.03. The Morgan fingerprint density at radius 3 is 1.90 bits per heavy atom. The highest BCUT2D eigenvalue weighted by Gasteiger charge is 2.41. The van der Waals surface area contributed by atoms with Gasteiger partial charge in [-0.1, -0.05) is 152 Å². The standard InChI is InChI=1S/C48H32N2O/c1-48(35-15-6-3-7-16-35)40-20-10-8-18-38(40)46-39(19-12-21-41(46)48)43-30-42(49-47(50-43)33-13-4-2-5-14-33)32-25-23-31(24-26-32)34-27-28-37-36-17-9-11-22-44(36)51-45(37)29-34/h2-30H,1H3. The minimum Gasteiger partial charge on any atom is -0.456 e. The van der Waals surface area contributed by atoms with Gasteiger partial charge in [0.25, 0.3) is 0 Å². The highest BCUT2D eigenvalue weighted by molar-refractivity contribution is 6.06. The van der Waals surface area contributed by atoms with Gasteiger partial charge in [-0.15, -0.1) is 0 Å². The Hall–Kier alpha value is -6.58. The van der Waals surface area contributed by atoms with Crippen LogP contribution in [0.3, 0.4) is 0 Å². The van der Waals surface area contributed by atoms with E-state index in [1.807, 2.05) is 30.3 Å². The molecule has 2 heterocycles. The summed E-state index contributed by atoms with van der Waals surface area (Å²) in [6.45, 7) is 2.35. The molecule has 3 heteroatoms. The van der Waals surface area contributed by atoms with Gasteiger partial charge in [0, 0.05) is 32.9 Å². The number of hydrogen-bond acceptors (Lipinski definition) is 3. The molecule has 0 saturated heterocycles. The first-order valence-electron chi connectivity index (χ1n) is 17.4. The van der Waals surface area contributed by atoms with Crippen molar-refractivity contribution >= 4 is 21.9 Å². The monoisotopic (exact) mass is 652 g/mol. The van der Waals surface area contributed by atoms with E-state index < -0.39 is 0 Å². The van der Waals surface area contributed by atoms with Gasteiger partial charge in [-0.25, -0.2) is 9.97 Å². The van der Waals surface area contributed by atoms with Gasteiger partial charge in [0.1, 0.15) is 11.2 Å². The van der Waals surface area contributed by atoms with Crippen LogP contribution in [0, 0.1) is 0 Å². The Balaban J connectivity index is 1.11. The summed E-state index contributed by atoms with van der Waals surface area (Å²) in [6, 6.07) is 62.1. The van der Waals surface area contributed by atoms with Crippen molar-refractivity contribution in [3.05, 3.63) is 193 Å². The highest BCUT2D eigenvalue weighted by Crippen LogP contribution is 2.55. The van der Waals surface area contributed by atoms with Gasteiger partial charge in [0.2, 0.25) is 0 Å². The summed E-state index contributed by atoms with van der Waals surface area (Å²) in [4.78, 5) is 10.4. The van der Waals surface area contributed by atoms with E-state index >= 15 is 0 Å². The van der Waals surface area contributed by atoms with Crippen molar-refractivity contribution < 1.29 is 4.42 Å². The molecule has 2 aromatic heterocycles. The molecular formula is C48H32N2O. The largest absolute Gasteiger partial charge is 0.456 e. The number of benzene rings is 7. The molecule has 0 radical (unpaired) electrons. The van der Waals surface area contributed by atoms with E-state index in [9.17, 15) is 0 Å². The number of rotatable bonds is 5. The average Bonchev–Trinajstić information content (AvgIpc) is 3.71. The maximum Gasteiger partial charge on any atom is 0.160 e. The average molecular weight is 653 g/mol. The van der Waals surface area contributed by atoms with Crippen LogP contribution >= 0.6 is 0 Å². The molecule has 3 nitrogen and oxygen atoms in total. The molecule has 51 heavy (non-hydrogen) atoms. The molecule has 0 aliphatic heterocycles. The van der Waals surface area contributed by atoms with Crippen LogP contribution in [-0.2, 0) is 5.41 Å². The van der Waals surface area contributed by atoms with E-state index in [-0.39, 0.29) is 5.41 Å². The summed E-state index contributed by atoms with van der Waals surface area (Å²) in [5.41, 5.74) is 15.0. The SMILES string of the molecule is CC1(c2ccccc2)c2ccccc2-c2c(-c3cc(-c4ccc(-c5ccc6c(c5)oc5ccccc56)cc4)nc(-c4ccccc4)n3)cccc21. The Labute approximate surface area is 296 Å². The van der Waals surface area contributed by atoms with Crippen LogP contribution in [0.2, 0.25) is 0 Å². The molecule has 0 spiro atoms. The number of aromatic nitrogens is 2. The lowest BCUT2D eigenvalue weighted by Gasteiger charge is -2.28. The van der Waals surface area contributed by atoms with E-state index in [2.05, 4.69) is 153 Å². The normalized spacial score (nSPS) is 14.8. The van der Waals surface area contributed by atoms with Gasteiger partial charge in [0.15, 0.2) is 5.82 Å². The summed E-state index contributed by atoms with van der Waals surface area (Å²) >= 11 is 0. The summed E-state index contributed by atoms with van der Waals surface area (Å²) in [5.74, 6) is 0.706. The maximum absolute atomic E-state index is 6.19. The molecule has 9 aromatic rings. The van der Waals surface area contributed by atoms with Crippen LogP contribution in [0.15, 0.2) is 180 Å². The van der Waals surface area contributed by atoms with Gasteiger partial charge in [-0.2, -0.15) is 0 Å². The maximum atomic E-state index is 6.19. The van der Waals surface area contributed by atoms with Crippen molar-refractivity contribution in [1.82, 2.24) is 9.97 Å². The number of fused-ring (bicyclic) bond motifs is 6. The zero-order chi connectivity index (χ0) is 33.9. The van der Waals surface area contributed by atoms with Crippen molar-refractivity contribution in [3.8, 4) is 56.2 Å². The Kier molecular flexibility index (Phi) is 6.62. The van der Waals surface area contributed by atoms with Crippen LogP contribution in [0.4, 0.5) is 0 Å². The summed E-state index contributed by atoms with van der Waals surface area (Å²) < 4.78 is 6.19. The van der Waals surface area contributed by atoms with Crippen molar-refractivity contribution in [2.45, 2.75) is 12.3 Å². The second-order valence-corrected chi connectivity index (χ2v) is 13.5. The van der Waals surface area contributed by atoms with Crippen LogP contribution in [-0.4, -0.2) is 9.97 Å². The fourth-order valence-corrected chi connectivity index (χ4v) is 8.03. The molecule has 0 N–H and O–H groups in total. The third kappa shape index (κ3) is 4.66. The Morgan fingerprint density at radius 1 is 0.431 bits per heavy atom. The van der Waals surface area contributed by atoms with E-state index in [0.29, 0.717) is 5.82 Å². The predicted molar refractivity (Wildman–Crippen MR) is 208 cm³/mol. The molecule has 0 saturated carbocycles. The van der Waals surface area contributed by atoms with E-state index in [1.54, 1.807) is 0 Å². The lowest BCUT2D eigenvalue weighted by molar-refractivity contribution is 0.669. The van der Waals surface area contributed by atoms with E-state index in [1.165, 1.54) is 27.8 Å². The second kappa shape index (κ2) is 11.5. The van der Waals surface area contributed by atoms with Crippen molar-refractivity contribution in [2.75, 3.05) is 0 Å². The zero-order valence-corrected chi connectivity index (χ0v) is 28.0. The minimum absolute atomic E-state index is 0.289. The van der Waals surface area contributed by atoms with E-state index in [4.69, 9.17) is 14.4 Å². The Bertz CT molecular complexity index is 2750. The van der Waals surface area contributed by atoms with Gasteiger partial charge >= 0.3 is 0 Å². The van der Waals surface area contributed by atoms with Gasteiger partial charge in [-0.05, 0) is 70.1 Å². The predicted octanol–water partition coefficient (Wildman–Crippen LogP) is 12.4. The zero-order valence-electron chi connectivity index (χ0n) is 28.0. The number of furan rings is 1. The molecule has 240 valence electrons. The molecule has 10 rings (SSSR count). The summed E-state index contributed by atoms with van der Waals surface area (Å²) in [6.07, 6.45) is 0. The van der Waals surface area contributed by atoms with Gasteiger partial charge in [-0.3, -0.25) is 0 Å². The van der Waals surface area contributed by atoms with Crippen LogP contribution in [0.1, 0.15) is 23.6 Å². The van der Waals surface area contributed by atoms with Crippen molar-refractivity contribution in [3.63, 3.8) is 0 Å². The van der Waals surface area contributed by atoms with Gasteiger partial charge < -0.3 is 4.42 Å². The molecule has 7 aromatic carbocycles. The fraction of sp³-hybridized carbons (Fsp3) is 0.0417. The third-order valence-electron chi connectivity index (χ3n) is 10.6.